The standard InChI is InChI=1S/C23H18N4O2/c1-26-19-12-16-7-4-10-25-22(16)27(13-14-5-2-6-15(11-14)21(24)28)18-9-3-8-17(20(18)19)23(26)29/h2-12H,13H2,1H3,(H2,24,28). The summed E-state index contributed by atoms with van der Waals surface area (Å²) in [5, 5.41) is 0. The van der Waals surface area contributed by atoms with Crippen LogP contribution in [-0.2, 0) is 6.54 Å². The topological polar surface area (TPSA) is 79.5 Å². The van der Waals surface area contributed by atoms with Gasteiger partial charge in [0, 0.05) is 36.5 Å². The first-order valence-corrected chi connectivity index (χ1v) is 9.29. The van der Waals surface area contributed by atoms with Gasteiger partial charge in [-0.25, -0.2) is 4.98 Å². The highest BCUT2D eigenvalue weighted by molar-refractivity contribution is 6.15. The molecular weight excluding hydrogens is 364 g/mol. The van der Waals surface area contributed by atoms with Crippen LogP contribution >= 0.6 is 0 Å². The molecule has 5 rings (SSSR count). The quantitative estimate of drug-likeness (QED) is 0.753. The number of hydrogen-bond donors (Lipinski definition) is 1. The second kappa shape index (κ2) is 6.31. The van der Waals surface area contributed by atoms with E-state index in [0.29, 0.717) is 17.7 Å². The Morgan fingerprint density at radius 2 is 1.93 bits per heavy atom. The molecule has 6 heteroatoms. The molecule has 3 heterocycles. The Morgan fingerprint density at radius 1 is 1.10 bits per heavy atom. The Morgan fingerprint density at radius 3 is 2.76 bits per heavy atom. The van der Waals surface area contributed by atoms with Crippen LogP contribution in [0.2, 0.25) is 0 Å². The van der Waals surface area contributed by atoms with Gasteiger partial charge in [0.2, 0.25) is 5.91 Å². The van der Waals surface area contributed by atoms with Crippen molar-refractivity contribution in [3.8, 4) is 0 Å². The van der Waals surface area contributed by atoms with Gasteiger partial charge in [-0.3, -0.25) is 9.59 Å². The predicted molar refractivity (Wildman–Crippen MR) is 111 cm³/mol. The third kappa shape index (κ3) is 2.61. The Labute approximate surface area is 167 Å². The van der Waals surface area contributed by atoms with Gasteiger partial charge in [0.05, 0.1) is 16.9 Å². The number of rotatable bonds is 3. The van der Waals surface area contributed by atoms with Crippen LogP contribution in [0.1, 0.15) is 37.4 Å². The van der Waals surface area contributed by atoms with Gasteiger partial charge in [-0.2, -0.15) is 0 Å². The number of nitrogens with zero attached hydrogens (tertiary/aromatic N) is 3. The second-order valence-corrected chi connectivity index (χ2v) is 7.16. The Balaban J connectivity index is 1.71. The zero-order chi connectivity index (χ0) is 20.1. The van der Waals surface area contributed by atoms with Crippen molar-refractivity contribution in [2.24, 2.45) is 5.73 Å². The minimum atomic E-state index is -0.460. The van der Waals surface area contributed by atoms with Crippen molar-refractivity contribution in [2.75, 3.05) is 11.9 Å². The summed E-state index contributed by atoms with van der Waals surface area (Å²) in [6.45, 7) is 0.487. The summed E-state index contributed by atoms with van der Waals surface area (Å²) in [5.74, 6) is 0.322. The van der Waals surface area contributed by atoms with Crippen LogP contribution in [-0.4, -0.2) is 28.7 Å². The van der Waals surface area contributed by atoms with E-state index in [1.54, 1.807) is 30.3 Å². The summed E-state index contributed by atoms with van der Waals surface area (Å²) in [7, 11) is 1.79. The van der Waals surface area contributed by atoms with Crippen molar-refractivity contribution in [2.45, 2.75) is 6.54 Å². The Hall–Kier alpha value is -3.93. The molecule has 1 aromatic heterocycles. The number of hydrogen-bond acceptors (Lipinski definition) is 4. The lowest BCUT2D eigenvalue weighted by Crippen LogP contribution is -2.20. The number of amides is 2. The summed E-state index contributed by atoms with van der Waals surface area (Å²) in [5.41, 5.74) is 11.1. The maximum atomic E-state index is 12.8. The second-order valence-electron chi connectivity index (χ2n) is 7.16. The van der Waals surface area contributed by atoms with E-state index in [9.17, 15) is 9.59 Å². The molecule has 29 heavy (non-hydrogen) atoms. The van der Waals surface area contributed by atoms with Gasteiger partial charge < -0.3 is 15.5 Å². The third-order valence-electron chi connectivity index (χ3n) is 5.40. The largest absolute Gasteiger partial charge is 0.366 e. The molecule has 2 N–H and O–H groups in total. The van der Waals surface area contributed by atoms with Gasteiger partial charge in [-0.1, -0.05) is 18.2 Å². The summed E-state index contributed by atoms with van der Waals surface area (Å²) in [6, 6.07) is 16.9. The van der Waals surface area contributed by atoms with Gasteiger partial charge in [-0.15, -0.1) is 0 Å². The minimum absolute atomic E-state index is 0.0175. The molecule has 142 valence electrons. The van der Waals surface area contributed by atoms with Crippen LogP contribution in [0.15, 0.2) is 60.8 Å². The molecule has 0 saturated heterocycles. The maximum absolute atomic E-state index is 12.8. The molecule has 0 atom stereocenters. The number of anilines is 2. The molecule has 2 aliphatic rings. The van der Waals surface area contributed by atoms with Crippen molar-refractivity contribution < 1.29 is 9.59 Å². The van der Waals surface area contributed by atoms with Crippen molar-refractivity contribution >= 4 is 35.1 Å². The van der Waals surface area contributed by atoms with E-state index < -0.39 is 5.91 Å². The zero-order valence-electron chi connectivity index (χ0n) is 15.8. The molecule has 0 bridgehead atoms. The first kappa shape index (κ1) is 17.2. The molecule has 2 aromatic carbocycles. The molecule has 0 radical (unpaired) electrons. The van der Waals surface area contributed by atoms with Gasteiger partial charge in [-0.05, 0) is 48.0 Å². The first-order valence-electron chi connectivity index (χ1n) is 9.29. The van der Waals surface area contributed by atoms with Crippen LogP contribution in [0.4, 0.5) is 11.5 Å². The number of fused-ring (bicyclic) bond motifs is 1. The van der Waals surface area contributed by atoms with E-state index in [1.165, 1.54) is 0 Å². The molecule has 3 aromatic rings. The molecule has 0 unspecified atom stereocenters. The van der Waals surface area contributed by atoms with Gasteiger partial charge in [0.15, 0.2) is 0 Å². The number of nitrogens with two attached hydrogens (primary N) is 1. The van der Waals surface area contributed by atoms with Crippen molar-refractivity contribution in [1.82, 2.24) is 9.88 Å². The highest BCUT2D eigenvalue weighted by Crippen LogP contribution is 2.45. The van der Waals surface area contributed by atoms with Crippen LogP contribution in [0.5, 0.6) is 0 Å². The summed E-state index contributed by atoms with van der Waals surface area (Å²) < 4.78 is 0. The average Bonchev–Trinajstić information content (AvgIpc) is 2.89. The summed E-state index contributed by atoms with van der Waals surface area (Å²) in [6.07, 6.45) is 3.77. The van der Waals surface area contributed by atoms with Gasteiger partial charge in [0.1, 0.15) is 5.82 Å². The molecule has 0 saturated carbocycles. The fraction of sp³-hybridized carbons (Fsp3) is 0.0870. The molecular formula is C23H18N4O2. The molecule has 2 amide bonds. The zero-order valence-corrected chi connectivity index (χ0v) is 15.8. The van der Waals surface area contributed by atoms with Crippen molar-refractivity contribution in [3.63, 3.8) is 0 Å². The molecule has 0 spiro atoms. The van der Waals surface area contributed by atoms with Crippen molar-refractivity contribution in [3.05, 3.63) is 88.6 Å². The molecule has 6 nitrogen and oxygen atoms in total. The number of benzene rings is 2. The van der Waals surface area contributed by atoms with Gasteiger partial charge >= 0.3 is 0 Å². The first-order chi connectivity index (χ1) is 14.0. The average molecular weight is 382 g/mol. The Kier molecular flexibility index (Phi) is 3.74. The fourth-order valence-electron chi connectivity index (χ4n) is 4.01. The van der Waals surface area contributed by atoms with E-state index >= 15 is 0 Å². The maximum Gasteiger partial charge on any atom is 0.258 e. The number of aromatic nitrogens is 1. The van der Waals surface area contributed by atoms with Crippen LogP contribution in [0, 0.1) is 0 Å². The highest BCUT2D eigenvalue weighted by Gasteiger charge is 2.35. The highest BCUT2D eigenvalue weighted by atomic mass is 16.2. The van der Waals surface area contributed by atoms with E-state index in [-0.39, 0.29) is 5.91 Å². The van der Waals surface area contributed by atoms with E-state index in [1.807, 2.05) is 48.5 Å². The lowest BCUT2D eigenvalue weighted by molar-refractivity contribution is 0.0874. The lowest BCUT2D eigenvalue weighted by atomic mass is 10.0. The summed E-state index contributed by atoms with van der Waals surface area (Å²) in [4.78, 5) is 32.8. The lowest BCUT2D eigenvalue weighted by Gasteiger charge is -2.26. The van der Waals surface area contributed by atoms with E-state index in [0.717, 1.165) is 33.9 Å². The molecule has 0 aliphatic carbocycles. The van der Waals surface area contributed by atoms with Crippen molar-refractivity contribution in [1.29, 1.82) is 0 Å². The fourth-order valence-corrected chi connectivity index (χ4v) is 4.01. The third-order valence-corrected chi connectivity index (χ3v) is 5.40. The van der Waals surface area contributed by atoms with Crippen LogP contribution in [0.3, 0.4) is 0 Å². The Bertz CT molecular complexity index is 1220. The van der Waals surface area contributed by atoms with Crippen LogP contribution < -0.4 is 10.6 Å². The monoisotopic (exact) mass is 382 g/mol. The predicted octanol–water partition coefficient (Wildman–Crippen LogP) is 3.42. The number of pyridine rings is 1. The molecule has 0 fully saturated rings. The SMILES string of the molecule is CN1C(=O)c2cccc3c2C1=Cc1cccnc1N3Cc1cccc(C(N)=O)c1. The number of carbonyl (C=O) groups is 2. The molecule has 2 aliphatic heterocycles. The van der Waals surface area contributed by atoms with E-state index in [2.05, 4.69) is 9.88 Å². The summed E-state index contributed by atoms with van der Waals surface area (Å²) >= 11 is 0. The smallest absolute Gasteiger partial charge is 0.258 e. The van der Waals surface area contributed by atoms with Crippen LogP contribution in [0.25, 0.3) is 11.8 Å². The van der Waals surface area contributed by atoms with E-state index in [4.69, 9.17) is 5.73 Å². The number of primary amides is 1. The van der Waals surface area contributed by atoms with Gasteiger partial charge in [0.25, 0.3) is 5.91 Å². The number of carbonyl (C=O) groups excluding carboxylic acids is 2. The normalized spacial score (nSPS) is 14.2. The minimum Gasteiger partial charge on any atom is -0.366 e.